The van der Waals surface area contributed by atoms with Crippen molar-refractivity contribution in [2.24, 2.45) is 0 Å². The highest BCUT2D eigenvalue weighted by atomic mass is 16.5. The summed E-state index contributed by atoms with van der Waals surface area (Å²) in [6.07, 6.45) is 1.04. The molecule has 0 unspecified atom stereocenters. The molecule has 14 heavy (non-hydrogen) atoms. The van der Waals surface area contributed by atoms with Crippen molar-refractivity contribution in [2.45, 2.75) is 13.0 Å². The van der Waals surface area contributed by atoms with E-state index in [1.54, 1.807) is 7.11 Å². The number of ether oxygens (including phenoxy) is 2. The van der Waals surface area contributed by atoms with Gasteiger partial charge in [0.2, 0.25) is 0 Å². The van der Waals surface area contributed by atoms with E-state index in [0.717, 1.165) is 37.6 Å². The number of rotatable bonds is 1. The number of nitrogens with one attached hydrogen (secondary N) is 1. The zero-order chi connectivity index (χ0) is 9.80. The van der Waals surface area contributed by atoms with Crippen LogP contribution in [0, 0.1) is 0 Å². The molecule has 0 fully saturated rings. The zero-order valence-electron chi connectivity index (χ0n) is 8.38. The third-order valence-corrected chi connectivity index (χ3v) is 2.34. The van der Waals surface area contributed by atoms with Gasteiger partial charge in [0.05, 0.1) is 13.7 Å². The van der Waals surface area contributed by atoms with Gasteiger partial charge in [-0.05, 0) is 19.0 Å². The van der Waals surface area contributed by atoms with E-state index in [2.05, 4.69) is 11.4 Å². The van der Waals surface area contributed by atoms with Gasteiger partial charge in [0.1, 0.15) is 0 Å². The maximum Gasteiger partial charge on any atom is 0.165 e. The van der Waals surface area contributed by atoms with E-state index < -0.39 is 0 Å². The highest BCUT2D eigenvalue weighted by Gasteiger charge is 2.11. The molecule has 1 aromatic rings. The number of para-hydroxylation sites is 1. The second kappa shape index (κ2) is 4.33. The van der Waals surface area contributed by atoms with Gasteiger partial charge in [0.15, 0.2) is 11.5 Å². The van der Waals surface area contributed by atoms with E-state index in [9.17, 15) is 0 Å². The third-order valence-electron chi connectivity index (χ3n) is 2.34. The normalized spacial score (nSPS) is 16.1. The molecule has 0 aliphatic carbocycles. The van der Waals surface area contributed by atoms with Crippen LogP contribution in [-0.2, 0) is 6.54 Å². The fraction of sp³-hybridized carbons (Fsp3) is 0.455. The van der Waals surface area contributed by atoms with Crippen molar-refractivity contribution >= 4 is 0 Å². The van der Waals surface area contributed by atoms with Gasteiger partial charge in [0.25, 0.3) is 0 Å². The summed E-state index contributed by atoms with van der Waals surface area (Å²) < 4.78 is 10.9. The molecule has 3 heteroatoms. The Morgan fingerprint density at radius 2 is 2.36 bits per heavy atom. The molecule has 0 aromatic heterocycles. The van der Waals surface area contributed by atoms with Crippen molar-refractivity contribution in [3.8, 4) is 11.5 Å². The largest absolute Gasteiger partial charge is 0.493 e. The van der Waals surface area contributed by atoms with Gasteiger partial charge in [0, 0.05) is 12.1 Å². The van der Waals surface area contributed by atoms with Crippen LogP contribution in [0.5, 0.6) is 11.5 Å². The lowest BCUT2D eigenvalue weighted by molar-refractivity contribution is 0.276. The first-order valence-corrected chi connectivity index (χ1v) is 4.91. The number of hydrogen-bond donors (Lipinski definition) is 1. The smallest absolute Gasteiger partial charge is 0.165 e. The highest BCUT2D eigenvalue weighted by Crippen LogP contribution is 2.31. The van der Waals surface area contributed by atoms with Crippen LogP contribution in [0.1, 0.15) is 12.0 Å². The predicted octanol–water partition coefficient (Wildman–Crippen LogP) is 1.57. The van der Waals surface area contributed by atoms with Crippen molar-refractivity contribution in [1.29, 1.82) is 0 Å². The van der Waals surface area contributed by atoms with Gasteiger partial charge in [-0.25, -0.2) is 0 Å². The van der Waals surface area contributed by atoms with Gasteiger partial charge in [-0.1, -0.05) is 12.1 Å². The molecule has 1 aromatic carbocycles. The van der Waals surface area contributed by atoms with Crippen LogP contribution in [0.3, 0.4) is 0 Å². The SMILES string of the molecule is COc1cccc2c1OCCCNC2. The van der Waals surface area contributed by atoms with Crippen molar-refractivity contribution in [1.82, 2.24) is 5.32 Å². The fourth-order valence-electron chi connectivity index (χ4n) is 1.62. The maximum atomic E-state index is 5.69. The highest BCUT2D eigenvalue weighted by molar-refractivity contribution is 5.46. The Morgan fingerprint density at radius 1 is 1.43 bits per heavy atom. The van der Waals surface area contributed by atoms with Crippen LogP contribution >= 0.6 is 0 Å². The minimum absolute atomic E-state index is 0.750. The molecule has 1 aliphatic rings. The van der Waals surface area contributed by atoms with E-state index in [0.29, 0.717) is 0 Å². The third kappa shape index (κ3) is 1.82. The van der Waals surface area contributed by atoms with E-state index in [4.69, 9.17) is 9.47 Å². The van der Waals surface area contributed by atoms with Crippen LogP contribution in [0.15, 0.2) is 18.2 Å². The first-order valence-electron chi connectivity index (χ1n) is 4.91. The lowest BCUT2D eigenvalue weighted by Crippen LogP contribution is -2.20. The molecule has 0 amide bonds. The van der Waals surface area contributed by atoms with E-state index >= 15 is 0 Å². The Kier molecular flexibility index (Phi) is 2.89. The predicted molar refractivity (Wildman–Crippen MR) is 54.8 cm³/mol. The van der Waals surface area contributed by atoms with Crippen LogP contribution < -0.4 is 14.8 Å². The molecule has 1 aliphatic heterocycles. The summed E-state index contributed by atoms with van der Waals surface area (Å²) in [4.78, 5) is 0. The minimum Gasteiger partial charge on any atom is -0.493 e. The lowest BCUT2D eigenvalue weighted by Gasteiger charge is -2.18. The van der Waals surface area contributed by atoms with Crippen LogP contribution in [0.4, 0.5) is 0 Å². The molecule has 0 saturated carbocycles. The van der Waals surface area contributed by atoms with Gasteiger partial charge >= 0.3 is 0 Å². The number of benzene rings is 1. The van der Waals surface area contributed by atoms with Crippen LogP contribution in [-0.4, -0.2) is 20.3 Å². The molecule has 1 heterocycles. The summed E-state index contributed by atoms with van der Waals surface area (Å²) in [5, 5.41) is 3.36. The molecule has 0 saturated heterocycles. The summed E-state index contributed by atoms with van der Waals surface area (Å²) in [7, 11) is 1.67. The Bertz CT molecular complexity index is 312. The number of fused-ring (bicyclic) bond motifs is 1. The molecule has 0 spiro atoms. The summed E-state index contributed by atoms with van der Waals surface area (Å²) >= 11 is 0. The number of hydrogen-bond acceptors (Lipinski definition) is 3. The zero-order valence-corrected chi connectivity index (χ0v) is 8.38. The quantitative estimate of drug-likeness (QED) is 0.734. The first kappa shape index (κ1) is 9.34. The molecule has 1 N–H and O–H groups in total. The van der Waals surface area contributed by atoms with E-state index in [1.165, 1.54) is 5.56 Å². The van der Waals surface area contributed by atoms with E-state index in [1.807, 2.05) is 12.1 Å². The fourth-order valence-corrected chi connectivity index (χ4v) is 1.62. The summed E-state index contributed by atoms with van der Waals surface area (Å²) in [6.45, 7) is 2.61. The van der Waals surface area contributed by atoms with E-state index in [-0.39, 0.29) is 0 Å². The summed E-state index contributed by atoms with van der Waals surface area (Å²) in [6, 6.07) is 5.99. The van der Waals surface area contributed by atoms with Crippen LogP contribution in [0.25, 0.3) is 0 Å². The van der Waals surface area contributed by atoms with Gasteiger partial charge in [-0.3, -0.25) is 0 Å². The molecule has 2 rings (SSSR count). The average molecular weight is 193 g/mol. The van der Waals surface area contributed by atoms with Crippen molar-refractivity contribution in [3.63, 3.8) is 0 Å². The topological polar surface area (TPSA) is 30.5 Å². The minimum atomic E-state index is 0.750. The molecular weight excluding hydrogens is 178 g/mol. The van der Waals surface area contributed by atoms with Crippen molar-refractivity contribution in [3.05, 3.63) is 23.8 Å². The summed E-state index contributed by atoms with van der Waals surface area (Å²) in [5.74, 6) is 1.72. The second-order valence-corrected chi connectivity index (χ2v) is 3.33. The Balaban J connectivity index is 2.33. The number of methoxy groups -OCH3 is 1. The lowest BCUT2D eigenvalue weighted by atomic mass is 10.1. The molecule has 76 valence electrons. The maximum absolute atomic E-state index is 5.69. The van der Waals surface area contributed by atoms with Crippen LogP contribution in [0.2, 0.25) is 0 Å². The van der Waals surface area contributed by atoms with Gasteiger partial charge in [-0.2, -0.15) is 0 Å². The van der Waals surface area contributed by atoms with Crippen molar-refractivity contribution < 1.29 is 9.47 Å². The van der Waals surface area contributed by atoms with Gasteiger partial charge < -0.3 is 14.8 Å². The second-order valence-electron chi connectivity index (χ2n) is 3.33. The average Bonchev–Trinajstić information content (AvgIpc) is 2.18. The Labute approximate surface area is 84.0 Å². The molecule has 0 atom stereocenters. The molecule has 3 nitrogen and oxygen atoms in total. The molecule has 0 bridgehead atoms. The van der Waals surface area contributed by atoms with Gasteiger partial charge in [-0.15, -0.1) is 0 Å². The molecular formula is C11H15NO2. The monoisotopic (exact) mass is 193 g/mol. The first-order chi connectivity index (χ1) is 6.92. The standard InChI is InChI=1S/C11H15NO2/c1-13-10-5-2-4-9-8-12-6-3-7-14-11(9)10/h2,4-5,12H,3,6-8H2,1H3. The molecule has 0 radical (unpaired) electrons. The summed E-state index contributed by atoms with van der Waals surface area (Å²) in [5.41, 5.74) is 1.17. The Morgan fingerprint density at radius 3 is 3.21 bits per heavy atom. The Hall–Kier alpha value is -1.22. The van der Waals surface area contributed by atoms with Crippen molar-refractivity contribution in [2.75, 3.05) is 20.3 Å².